The van der Waals surface area contributed by atoms with Crippen LogP contribution in [-0.2, 0) is 36.5 Å². The molecule has 1 amide bonds. The fourth-order valence-electron chi connectivity index (χ4n) is 5.35. The average molecular weight is 516 g/mol. The van der Waals surface area contributed by atoms with Gasteiger partial charge < -0.3 is 14.2 Å². The molecule has 0 bridgehead atoms. The number of aromatic nitrogens is 3. The van der Waals surface area contributed by atoms with Crippen molar-refractivity contribution in [3.63, 3.8) is 0 Å². The van der Waals surface area contributed by atoms with Gasteiger partial charge in [0.2, 0.25) is 0 Å². The fraction of sp³-hybridized carbons (Fsp3) is 0.423. The minimum Gasteiger partial charge on any atom is -0.379 e. The Kier molecular flexibility index (Phi) is 5.61. The highest BCUT2D eigenvalue weighted by atomic mass is 19.4. The number of benzene rings is 2. The zero-order chi connectivity index (χ0) is 25.9. The molecule has 37 heavy (non-hydrogen) atoms. The second kappa shape index (κ2) is 8.63. The minimum atomic E-state index is -4.59. The maximum absolute atomic E-state index is 15.8. The zero-order valence-electron chi connectivity index (χ0n) is 20.1. The average Bonchev–Trinajstić information content (AvgIpc) is 3.38. The summed E-state index contributed by atoms with van der Waals surface area (Å²) < 4.78 is 64.8. The van der Waals surface area contributed by atoms with Gasteiger partial charge in [0.25, 0.3) is 5.91 Å². The maximum atomic E-state index is 15.8. The first-order valence-corrected chi connectivity index (χ1v) is 12.1. The van der Waals surface area contributed by atoms with Crippen LogP contribution in [0.1, 0.15) is 51.0 Å². The van der Waals surface area contributed by atoms with E-state index in [0.717, 1.165) is 19.5 Å². The third-order valence-electron chi connectivity index (χ3n) is 7.67. The summed E-state index contributed by atoms with van der Waals surface area (Å²) in [6, 6.07) is 9.51. The number of fused-ring (bicyclic) bond motifs is 1. The van der Waals surface area contributed by atoms with E-state index in [1.807, 2.05) is 4.90 Å². The standard InChI is InChI=1S/C26H25F4N5O2/c1-33-15-31-32-23(33)22(27)25(13-37-14-25)17-4-2-5-18(10-17)35-12-20-19(24(35)36)8-16(11-34-6-3-7-34)9-21(20)26(28,29)30/h2,4-5,8-10,15,22H,3,6-7,11-14H2,1H3/t22-/m1/s1. The zero-order valence-corrected chi connectivity index (χ0v) is 20.1. The van der Waals surface area contributed by atoms with Crippen molar-refractivity contribution in [1.82, 2.24) is 19.7 Å². The number of hydrogen-bond acceptors (Lipinski definition) is 5. The van der Waals surface area contributed by atoms with Crippen LogP contribution in [0.4, 0.5) is 23.2 Å². The van der Waals surface area contributed by atoms with E-state index < -0.39 is 29.2 Å². The summed E-state index contributed by atoms with van der Waals surface area (Å²) in [5.41, 5.74) is -0.294. The Morgan fingerprint density at radius 1 is 1.16 bits per heavy atom. The van der Waals surface area contributed by atoms with Crippen molar-refractivity contribution >= 4 is 11.6 Å². The summed E-state index contributed by atoms with van der Waals surface area (Å²) in [4.78, 5) is 16.8. The Hall–Kier alpha value is -3.31. The predicted molar refractivity (Wildman–Crippen MR) is 126 cm³/mol. The van der Waals surface area contributed by atoms with E-state index in [1.54, 1.807) is 37.4 Å². The van der Waals surface area contributed by atoms with Crippen LogP contribution in [0.5, 0.6) is 0 Å². The first kappa shape index (κ1) is 24.1. The summed E-state index contributed by atoms with van der Waals surface area (Å²) in [5, 5.41) is 7.68. The molecule has 0 N–H and O–H groups in total. The monoisotopic (exact) mass is 515 g/mol. The van der Waals surface area contributed by atoms with Gasteiger partial charge in [-0.1, -0.05) is 12.1 Å². The maximum Gasteiger partial charge on any atom is 0.416 e. The number of ether oxygens (including phenoxy) is 1. The molecule has 3 aliphatic rings. The van der Waals surface area contributed by atoms with E-state index in [2.05, 4.69) is 10.2 Å². The number of anilines is 1. The SMILES string of the molecule is Cn1cnnc1[C@@H](F)C1(c2cccc(N3Cc4c(cc(CN5CCC5)cc4C(F)(F)F)C3=O)c2)COC1. The fourth-order valence-corrected chi connectivity index (χ4v) is 5.35. The number of rotatable bonds is 6. The van der Waals surface area contributed by atoms with Gasteiger partial charge in [0.05, 0.1) is 30.7 Å². The van der Waals surface area contributed by atoms with Crippen molar-refractivity contribution in [3.05, 3.63) is 76.4 Å². The molecule has 194 valence electrons. The summed E-state index contributed by atoms with van der Waals surface area (Å²) >= 11 is 0. The molecule has 2 aromatic carbocycles. The number of carbonyl (C=O) groups is 1. The molecule has 0 radical (unpaired) electrons. The molecular weight excluding hydrogens is 490 g/mol. The Morgan fingerprint density at radius 2 is 1.95 bits per heavy atom. The van der Waals surface area contributed by atoms with Gasteiger partial charge in [-0.05, 0) is 60.5 Å². The number of halogens is 4. The lowest BCUT2D eigenvalue weighted by molar-refractivity contribution is -0.138. The molecule has 3 aliphatic heterocycles. The van der Waals surface area contributed by atoms with Crippen LogP contribution >= 0.6 is 0 Å². The third-order valence-corrected chi connectivity index (χ3v) is 7.67. The van der Waals surface area contributed by atoms with Gasteiger partial charge in [-0.15, -0.1) is 10.2 Å². The van der Waals surface area contributed by atoms with E-state index >= 15 is 4.39 Å². The Bertz CT molecular complexity index is 1360. The highest BCUT2D eigenvalue weighted by molar-refractivity contribution is 6.10. The molecule has 2 saturated heterocycles. The number of amides is 1. The van der Waals surface area contributed by atoms with Crippen LogP contribution in [0.25, 0.3) is 0 Å². The van der Waals surface area contributed by atoms with Crippen molar-refractivity contribution in [2.24, 2.45) is 7.05 Å². The molecule has 11 heteroatoms. The van der Waals surface area contributed by atoms with Crippen molar-refractivity contribution in [2.75, 3.05) is 31.2 Å². The lowest BCUT2D eigenvalue weighted by Gasteiger charge is -2.43. The lowest BCUT2D eigenvalue weighted by atomic mass is 9.74. The Balaban J connectivity index is 1.35. The van der Waals surface area contributed by atoms with Crippen LogP contribution in [-0.4, -0.2) is 51.9 Å². The van der Waals surface area contributed by atoms with Crippen LogP contribution in [0.15, 0.2) is 42.7 Å². The van der Waals surface area contributed by atoms with Crippen molar-refractivity contribution in [1.29, 1.82) is 0 Å². The van der Waals surface area contributed by atoms with Crippen LogP contribution in [0.3, 0.4) is 0 Å². The van der Waals surface area contributed by atoms with Gasteiger partial charge in [-0.25, -0.2) is 4.39 Å². The number of carbonyl (C=O) groups excluding carboxylic acids is 1. The van der Waals surface area contributed by atoms with Gasteiger partial charge >= 0.3 is 6.18 Å². The molecule has 0 aliphatic carbocycles. The van der Waals surface area contributed by atoms with Gasteiger partial charge in [0, 0.05) is 24.8 Å². The molecule has 6 rings (SSSR count). The molecule has 4 heterocycles. The van der Waals surface area contributed by atoms with Crippen molar-refractivity contribution in [2.45, 2.75) is 37.3 Å². The first-order chi connectivity index (χ1) is 17.7. The number of hydrogen-bond donors (Lipinski definition) is 0. The Morgan fingerprint density at radius 3 is 2.54 bits per heavy atom. The summed E-state index contributed by atoms with van der Waals surface area (Å²) in [6.07, 6.45) is -3.67. The first-order valence-electron chi connectivity index (χ1n) is 12.1. The summed E-state index contributed by atoms with van der Waals surface area (Å²) in [5.74, 6) is -0.338. The molecule has 1 aromatic heterocycles. The Labute approximate surface area is 210 Å². The van der Waals surface area contributed by atoms with Crippen molar-refractivity contribution < 1.29 is 27.1 Å². The highest BCUT2D eigenvalue weighted by Gasteiger charge is 2.51. The summed E-state index contributed by atoms with van der Waals surface area (Å²) in [6.45, 7) is 2.05. The summed E-state index contributed by atoms with van der Waals surface area (Å²) in [7, 11) is 1.65. The number of likely N-dealkylation sites (tertiary alicyclic amines) is 1. The van der Waals surface area contributed by atoms with E-state index in [1.165, 1.54) is 21.9 Å². The normalized spacial score (nSPS) is 19.9. The van der Waals surface area contributed by atoms with Crippen molar-refractivity contribution in [3.8, 4) is 0 Å². The number of nitrogens with zero attached hydrogens (tertiary/aromatic N) is 5. The third kappa shape index (κ3) is 3.91. The van der Waals surface area contributed by atoms with Crippen LogP contribution < -0.4 is 4.90 Å². The molecule has 0 spiro atoms. The molecule has 1 atom stereocenters. The molecule has 0 unspecified atom stereocenters. The molecule has 2 fully saturated rings. The quantitative estimate of drug-likeness (QED) is 0.461. The van der Waals surface area contributed by atoms with E-state index in [4.69, 9.17) is 4.74 Å². The minimum absolute atomic E-state index is 0.0283. The number of alkyl halides is 4. The van der Waals surface area contributed by atoms with Gasteiger partial charge in [0.1, 0.15) is 6.33 Å². The topological polar surface area (TPSA) is 63.5 Å². The van der Waals surface area contributed by atoms with E-state index in [-0.39, 0.29) is 36.7 Å². The largest absolute Gasteiger partial charge is 0.416 e. The van der Waals surface area contributed by atoms with E-state index in [0.29, 0.717) is 23.4 Å². The van der Waals surface area contributed by atoms with Gasteiger partial charge in [-0.3, -0.25) is 9.69 Å². The smallest absolute Gasteiger partial charge is 0.379 e. The predicted octanol–water partition coefficient (Wildman–Crippen LogP) is 4.18. The van der Waals surface area contributed by atoms with Gasteiger partial charge in [0.15, 0.2) is 12.0 Å². The second-order valence-electron chi connectivity index (χ2n) is 10.1. The van der Waals surface area contributed by atoms with Crippen LogP contribution in [0.2, 0.25) is 0 Å². The lowest BCUT2D eigenvalue weighted by Crippen LogP contribution is -2.50. The molecule has 3 aromatic rings. The highest BCUT2D eigenvalue weighted by Crippen LogP contribution is 2.46. The van der Waals surface area contributed by atoms with Gasteiger partial charge in [-0.2, -0.15) is 13.2 Å². The van der Waals surface area contributed by atoms with E-state index in [9.17, 15) is 18.0 Å². The second-order valence-corrected chi connectivity index (χ2v) is 10.1. The van der Waals surface area contributed by atoms with Crippen LogP contribution in [0, 0.1) is 0 Å². The number of aryl methyl sites for hydroxylation is 1. The molecular formula is C26H25F4N5O2. The molecule has 7 nitrogen and oxygen atoms in total. The molecule has 0 saturated carbocycles.